The Bertz CT molecular complexity index is 409. The van der Waals surface area contributed by atoms with Gasteiger partial charge in [0.1, 0.15) is 0 Å². The van der Waals surface area contributed by atoms with E-state index in [9.17, 15) is 9.59 Å². The molecule has 1 unspecified atom stereocenters. The Balaban J connectivity index is 2.84. The topological polar surface area (TPSA) is 64.0 Å². The first-order valence-corrected chi connectivity index (χ1v) is 5.29. The number of aryl methyl sites for hydroxylation is 2. The van der Waals surface area contributed by atoms with E-state index in [1.54, 1.807) is 24.9 Å². The van der Waals surface area contributed by atoms with Crippen LogP contribution >= 0.6 is 0 Å². The fraction of sp³-hybridized carbons (Fsp3) is 0.545. The summed E-state index contributed by atoms with van der Waals surface area (Å²) in [5.41, 5.74) is 1.29. The van der Waals surface area contributed by atoms with Crippen molar-refractivity contribution >= 4 is 11.7 Å². The SMILES string of the molecule is CCc1nn(C)cc1C(=O)NC(C)C(C)=O. The molecule has 1 heterocycles. The normalized spacial score (nSPS) is 12.2. The molecule has 0 spiro atoms. The molecule has 0 saturated heterocycles. The Hall–Kier alpha value is -1.65. The maximum absolute atomic E-state index is 11.8. The summed E-state index contributed by atoms with van der Waals surface area (Å²) >= 11 is 0. The second-order valence-electron chi connectivity index (χ2n) is 3.82. The van der Waals surface area contributed by atoms with Crippen molar-refractivity contribution in [1.82, 2.24) is 15.1 Å². The number of amides is 1. The average molecular weight is 223 g/mol. The first-order valence-electron chi connectivity index (χ1n) is 5.29. The Labute approximate surface area is 94.8 Å². The van der Waals surface area contributed by atoms with Crippen LogP contribution in [0.3, 0.4) is 0 Å². The van der Waals surface area contributed by atoms with Gasteiger partial charge in [0.25, 0.3) is 5.91 Å². The molecule has 1 atom stereocenters. The van der Waals surface area contributed by atoms with Crippen molar-refractivity contribution < 1.29 is 9.59 Å². The molecule has 0 radical (unpaired) electrons. The zero-order valence-electron chi connectivity index (χ0n) is 10.1. The van der Waals surface area contributed by atoms with E-state index in [-0.39, 0.29) is 11.7 Å². The summed E-state index contributed by atoms with van der Waals surface area (Å²) in [6.45, 7) is 5.06. The van der Waals surface area contributed by atoms with Gasteiger partial charge in [-0.3, -0.25) is 14.3 Å². The van der Waals surface area contributed by atoms with Crippen LogP contribution in [0.2, 0.25) is 0 Å². The van der Waals surface area contributed by atoms with Gasteiger partial charge >= 0.3 is 0 Å². The van der Waals surface area contributed by atoms with Crippen LogP contribution in [0.5, 0.6) is 0 Å². The number of Topliss-reactive ketones (excluding diaryl/α,β-unsaturated/α-hetero) is 1. The van der Waals surface area contributed by atoms with Gasteiger partial charge in [0.05, 0.1) is 17.3 Å². The molecule has 0 bridgehead atoms. The van der Waals surface area contributed by atoms with E-state index in [1.165, 1.54) is 6.92 Å². The van der Waals surface area contributed by atoms with Crippen LogP contribution in [-0.2, 0) is 18.3 Å². The molecule has 0 fully saturated rings. The highest BCUT2D eigenvalue weighted by molar-refractivity contribution is 5.98. The van der Waals surface area contributed by atoms with Gasteiger partial charge in [0.2, 0.25) is 0 Å². The van der Waals surface area contributed by atoms with Crippen LogP contribution in [-0.4, -0.2) is 27.5 Å². The lowest BCUT2D eigenvalue weighted by molar-refractivity contribution is -0.118. The Morgan fingerprint density at radius 2 is 2.19 bits per heavy atom. The number of hydrogen-bond acceptors (Lipinski definition) is 3. The third-order valence-electron chi connectivity index (χ3n) is 2.44. The highest BCUT2D eigenvalue weighted by atomic mass is 16.2. The lowest BCUT2D eigenvalue weighted by atomic mass is 10.1. The Morgan fingerprint density at radius 3 is 2.69 bits per heavy atom. The fourth-order valence-electron chi connectivity index (χ4n) is 1.36. The molecule has 5 nitrogen and oxygen atoms in total. The molecule has 5 heteroatoms. The predicted molar refractivity (Wildman–Crippen MR) is 60.2 cm³/mol. The van der Waals surface area contributed by atoms with Crippen molar-refractivity contribution in [3.8, 4) is 0 Å². The Morgan fingerprint density at radius 1 is 1.56 bits per heavy atom. The largest absolute Gasteiger partial charge is 0.342 e. The van der Waals surface area contributed by atoms with Gasteiger partial charge in [0, 0.05) is 13.2 Å². The van der Waals surface area contributed by atoms with Crippen molar-refractivity contribution in [1.29, 1.82) is 0 Å². The van der Waals surface area contributed by atoms with Crippen LogP contribution < -0.4 is 5.32 Å². The molecule has 1 aromatic rings. The van der Waals surface area contributed by atoms with E-state index in [0.29, 0.717) is 12.0 Å². The molecule has 16 heavy (non-hydrogen) atoms. The highest BCUT2D eigenvalue weighted by Crippen LogP contribution is 2.07. The van der Waals surface area contributed by atoms with Crippen LogP contribution in [0.1, 0.15) is 36.8 Å². The molecule has 1 N–H and O–H groups in total. The van der Waals surface area contributed by atoms with Crippen LogP contribution in [0, 0.1) is 0 Å². The first kappa shape index (κ1) is 12.4. The fourth-order valence-corrected chi connectivity index (χ4v) is 1.36. The minimum Gasteiger partial charge on any atom is -0.342 e. The third kappa shape index (κ3) is 2.68. The van der Waals surface area contributed by atoms with Gasteiger partial charge in [-0.1, -0.05) is 6.92 Å². The first-order chi connectivity index (χ1) is 7.45. The quantitative estimate of drug-likeness (QED) is 0.816. The molecule has 1 aromatic heterocycles. The van der Waals surface area contributed by atoms with Gasteiger partial charge in [0.15, 0.2) is 5.78 Å². The molecule has 1 rings (SSSR count). The number of carbonyl (C=O) groups is 2. The summed E-state index contributed by atoms with van der Waals surface area (Å²) in [6, 6.07) is -0.461. The molecule has 0 aliphatic rings. The van der Waals surface area contributed by atoms with Crippen LogP contribution in [0.15, 0.2) is 6.20 Å². The van der Waals surface area contributed by atoms with E-state index in [2.05, 4.69) is 10.4 Å². The summed E-state index contributed by atoms with van der Waals surface area (Å²) in [5.74, 6) is -0.303. The van der Waals surface area contributed by atoms with Crippen molar-refractivity contribution in [2.24, 2.45) is 7.05 Å². The predicted octanol–water partition coefficient (Wildman–Crippen LogP) is 0.690. The molecule has 1 amide bonds. The van der Waals surface area contributed by atoms with Gasteiger partial charge in [-0.15, -0.1) is 0 Å². The standard InChI is InChI=1S/C11H17N3O2/c1-5-10-9(6-14(4)13-10)11(16)12-7(2)8(3)15/h6-7H,5H2,1-4H3,(H,12,16). The van der Waals surface area contributed by atoms with E-state index in [1.807, 2.05) is 6.92 Å². The maximum Gasteiger partial charge on any atom is 0.255 e. The molecular formula is C11H17N3O2. The van der Waals surface area contributed by atoms with Crippen molar-refractivity contribution in [3.05, 3.63) is 17.5 Å². The number of aromatic nitrogens is 2. The summed E-state index contributed by atoms with van der Waals surface area (Å²) < 4.78 is 1.60. The number of rotatable bonds is 4. The van der Waals surface area contributed by atoms with Crippen LogP contribution in [0.25, 0.3) is 0 Å². The Kier molecular flexibility index (Phi) is 3.82. The summed E-state index contributed by atoms with van der Waals surface area (Å²) in [7, 11) is 1.77. The summed E-state index contributed by atoms with van der Waals surface area (Å²) in [4.78, 5) is 22.9. The number of nitrogens with zero attached hydrogens (tertiary/aromatic N) is 2. The van der Waals surface area contributed by atoms with Crippen molar-refractivity contribution in [2.45, 2.75) is 33.2 Å². The van der Waals surface area contributed by atoms with E-state index < -0.39 is 6.04 Å². The zero-order valence-corrected chi connectivity index (χ0v) is 10.1. The highest BCUT2D eigenvalue weighted by Gasteiger charge is 2.17. The molecule has 0 aliphatic heterocycles. The van der Waals surface area contributed by atoms with Gasteiger partial charge in [-0.05, 0) is 20.3 Å². The van der Waals surface area contributed by atoms with E-state index >= 15 is 0 Å². The second kappa shape index (κ2) is 4.92. The minimum absolute atomic E-state index is 0.0599. The lowest BCUT2D eigenvalue weighted by Crippen LogP contribution is -2.37. The van der Waals surface area contributed by atoms with Gasteiger partial charge in [-0.25, -0.2) is 0 Å². The second-order valence-corrected chi connectivity index (χ2v) is 3.82. The summed E-state index contributed by atoms with van der Waals surface area (Å²) in [5, 5.41) is 6.82. The number of hydrogen-bond donors (Lipinski definition) is 1. The lowest BCUT2D eigenvalue weighted by Gasteiger charge is -2.09. The van der Waals surface area contributed by atoms with Crippen molar-refractivity contribution in [2.75, 3.05) is 0 Å². The number of nitrogens with one attached hydrogen (secondary N) is 1. The average Bonchev–Trinajstić information content (AvgIpc) is 2.59. The molecule has 0 saturated carbocycles. The smallest absolute Gasteiger partial charge is 0.255 e. The number of carbonyl (C=O) groups excluding carboxylic acids is 2. The van der Waals surface area contributed by atoms with Crippen molar-refractivity contribution in [3.63, 3.8) is 0 Å². The van der Waals surface area contributed by atoms with Gasteiger partial charge < -0.3 is 5.32 Å². The molecule has 0 aromatic carbocycles. The minimum atomic E-state index is -0.461. The third-order valence-corrected chi connectivity index (χ3v) is 2.44. The van der Waals surface area contributed by atoms with Crippen LogP contribution in [0.4, 0.5) is 0 Å². The molecular weight excluding hydrogens is 206 g/mol. The summed E-state index contributed by atoms with van der Waals surface area (Å²) in [6.07, 6.45) is 2.36. The zero-order chi connectivity index (χ0) is 12.3. The van der Waals surface area contributed by atoms with E-state index in [4.69, 9.17) is 0 Å². The monoisotopic (exact) mass is 223 g/mol. The van der Waals surface area contributed by atoms with Gasteiger partial charge in [-0.2, -0.15) is 5.10 Å². The maximum atomic E-state index is 11.8. The molecule has 88 valence electrons. The molecule has 0 aliphatic carbocycles. The number of ketones is 1. The van der Waals surface area contributed by atoms with E-state index in [0.717, 1.165) is 5.69 Å².